The van der Waals surface area contributed by atoms with E-state index >= 15 is 0 Å². The molecule has 2 aromatic rings. The zero-order chi connectivity index (χ0) is 12.7. The van der Waals surface area contributed by atoms with E-state index in [1.165, 1.54) is 0 Å². The summed E-state index contributed by atoms with van der Waals surface area (Å²) in [5.74, 6) is 1.65. The van der Waals surface area contributed by atoms with Gasteiger partial charge in [0.15, 0.2) is 0 Å². The molecule has 2 heterocycles. The highest BCUT2D eigenvalue weighted by Gasteiger charge is 2.22. The lowest BCUT2D eigenvalue weighted by Gasteiger charge is -2.23. The lowest BCUT2D eigenvalue weighted by atomic mass is 9.92. The number of benzene rings is 1. The average molecular weight is 283 g/mol. The van der Waals surface area contributed by atoms with Gasteiger partial charge in [0.2, 0.25) is 5.95 Å². The highest BCUT2D eigenvalue weighted by Crippen LogP contribution is 2.31. The Labute approximate surface area is 115 Å². The van der Waals surface area contributed by atoms with E-state index in [0.717, 1.165) is 30.8 Å². The van der Waals surface area contributed by atoms with Crippen molar-refractivity contribution >= 4 is 29.2 Å². The van der Waals surface area contributed by atoms with Gasteiger partial charge in [0.25, 0.3) is 0 Å². The van der Waals surface area contributed by atoms with Gasteiger partial charge in [-0.3, -0.25) is 0 Å². The van der Waals surface area contributed by atoms with Gasteiger partial charge >= 0.3 is 0 Å². The third-order valence-electron chi connectivity index (χ3n) is 3.23. The smallest absolute Gasteiger partial charge is 0.239 e. The fourth-order valence-electron chi connectivity index (χ4n) is 2.41. The average Bonchev–Trinajstić information content (AvgIpc) is 2.66. The summed E-state index contributed by atoms with van der Waals surface area (Å²) in [6.45, 7) is 0.774. The van der Waals surface area contributed by atoms with Crippen LogP contribution in [0.2, 0.25) is 10.0 Å². The van der Waals surface area contributed by atoms with Gasteiger partial charge in [0.05, 0.1) is 0 Å². The maximum absolute atomic E-state index is 6.03. The first-order valence-corrected chi connectivity index (χ1v) is 6.52. The Morgan fingerprint density at radius 3 is 2.67 bits per heavy atom. The van der Waals surface area contributed by atoms with Crippen LogP contribution in [0.25, 0.3) is 0 Å². The van der Waals surface area contributed by atoms with Gasteiger partial charge in [0.1, 0.15) is 5.82 Å². The van der Waals surface area contributed by atoms with E-state index in [0.29, 0.717) is 21.9 Å². The summed E-state index contributed by atoms with van der Waals surface area (Å²) in [6.07, 6.45) is 1.88. The first kappa shape index (κ1) is 11.8. The number of nitrogens with two attached hydrogens (primary N) is 1. The first-order valence-electron chi connectivity index (χ1n) is 5.77. The van der Waals surface area contributed by atoms with Crippen molar-refractivity contribution < 1.29 is 0 Å². The van der Waals surface area contributed by atoms with Gasteiger partial charge < -0.3 is 5.73 Å². The Hall–Kier alpha value is -1.26. The molecule has 1 aromatic carbocycles. The Kier molecular flexibility index (Phi) is 2.92. The molecule has 0 bridgehead atoms. The summed E-state index contributed by atoms with van der Waals surface area (Å²) in [6, 6.07) is 5.67. The molecule has 1 aromatic heterocycles. The Morgan fingerprint density at radius 1 is 1.22 bits per heavy atom. The van der Waals surface area contributed by atoms with Gasteiger partial charge in [-0.05, 0) is 30.2 Å². The predicted molar refractivity (Wildman–Crippen MR) is 72.0 cm³/mol. The van der Waals surface area contributed by atoms with Crippen LogP contribution in [0.3, 0.4) is 0 Å². The molecule has 1 atom stereocenters. The fraction of sp³-hybridized carbons (Fsp3) is 0.333. The largest absolute Gasteiger partial charge is 0.366 e. The molecule has 0 saturated carbocycles. The van der Waals surface area contributed by atoms with Crippen molar-refractivity contribution in [1.82, 2.24) is 14.8 Å². The van der Waals surface area contributed by atoms with Crippen LogP contribution in [0.5, 0.6) is 0 Å². The molecule has 0 spiro atoms. The summed E-state index contributed by atoms with van der Waals surface area (Å²) >= 11 is 12.1. The molecule has 94 valence electrons. The quantitative estimate of drug-likeness (QED) is 0.875. The minimum Gasteiger partial charge on any atom is -0.366 e. The van der Waals surface area contributed by atoms with Gasteiger partial charge in [-0.15, -0.1) is 5.10 Å². The molecule has 0 saturated heterocycles. The number of nitrogens with zero attached hydrogens (tertiary/aromatic N) is 3. The summed E-state index contributed by atoms with van der Waals surface area (Å²) < 4.78 is 1.87. The molecule has 18 heavy (non-hydrogen) atoms. The van der Waals surface area contributed by atoms with Crippen molar-refractivity contribution in [2.75, 3.05) is 5.73 Å². The fourth-order valence-corrected chi connectivity index (χ4v) is 2.95. The lowest BCUT2D eigenvalue weighted by Crippen LogP contribution is -2.20. The first-order chi connectivity index (χ1) is 8.61. The molecule has 1 aliphatic rings. The third-order valence-corrected chi connectivity index (χ3v) is 3.67. The zero-order valence-corrected chi connectivity index (χ0v) is 11.1. The van der Waals surface area contributed by atoms with Gasteiger partial charge in [-0.25, -0.2) is 4.68 Å². The number of anilines is 1. The molecule has 0 aliphatic carbocycles. The van der Waals surface area contributed by atoms with Crippen LogP contribution in [0.15, 0.2) is 18.2 Å². The standard InChI is InChI=1S/C12H12Cl2N4/c13-9-3-8(4-10(14)5-9)7-1-2-11-16-12(15)17-18(11)6-7/h3-5,7H,1-2,6H2,(H2,15,17). The lowest BCUT2D eigenvalue weighted by molar-refractivity contribution is 0.423. The summed E-state index contributed by atoms with van der Waals surface area (Å²) in [5, 5.41) is 5.53. The number of halogens is 2. The van der Waals surface area contributed by atoms with Crippen molar-refractivity contribution in [3.05, 3.63) is 39.6 Å². The molecule has 0 radical (unpaired) electrons. The van der Waals surface area contributed by atoms with Gasteiger partial charge in [0, 0.05) is 28.9 Å². The van der Waals surface area contributed by atoms with E-state index in [-0.39, 0.29) is 0 Å². The highest BCUT2D eigenvalue weighted by molar-refractivity contribution is 6.34. The SMILES string of the molecule is Nc1nc2n(n1)CC(c1cc(Cl)cc(Cl)c1)CC2. The van der Waals surface area contributed by atoms with E-state index in [1.54, 1.807) is 6.07 Å². The van der Waals surface area contributed by atoms with Crippen LogP contribution in [-0.2, 0) is 13.0 Å². The summed E-state index contributed by atoms with van der Waals surface area (Å²) in [5.41, 5.74) is 6.75. The van der Waals surface area contributed by atoms with Crippen LogP contribution in [0.1, 0.15) is 23.7 Å². The van der Waals surface area contributed by atoms with Gasteiger partial charge in [-0.1, -0.05) is 23.2 Å². The molecule has 0 fully saturated rings. The second kappa shape index (κ2) is 4.44. The molecular formula is C12H12Cl2N4. The van der Waals surface area contributed by atoms with Crippen LogP contribution in [0, 0.1) is 0 Å². The highest BCUT2D eigenvalue weighted by atomic mass is 35.5. The second-order valence-corrected chi connectivity index (χ2v) is 5.38. The van der Waals surface area contributed by atoms with E-state index in [4.69, 9.17) is 28.9 Å². The van der Waals surface area contributed by atoms with Crippen molar-refractivity contribution in [1.29, 1.82) is 0 Å². The Morgan fingerprint density at radius 2 is 1.94 bits per heavy atom. The zero-order valence-electron chi connectivity index (χ0n) is 9.61. The number of hydrogen-bond acceptors (Lipinski definition) is 3. The molecular weight excluding hydrogens is 271 g/mol. The number of rotatable bonds is 1. The summed E-state index contributed by atoms with van der Waals surface area (Å²) in [4.78, 5) is 4.19. The molecule has 2 N–H and O–H groups in total. The number of hydrogen-bond donors (Lipinski definition) is 1. The number of aryl methyl sites for hydroxylation is 1. The molecule has 1 unspecified atom stereocenters. The van der Waals surface area contributed by atoms with Crippen LogP contribution in [0.4, 0.5) is 5.95 Å². The minimum absolute atomic E-state index is 0.342. The van der Waals surface area contributed by atoms with Crippen LogP contribution < -0.4 is 5.73 Å². The van der Waals surface area contributed by atoms with Crippen LogP contribution in [-0.4, -0.2) is 14.8 Å². The van der Waals surface area contributed by atoms with E-state index in [9.17, 15) is 0 Å². The number of fused-ring (bicyclic) bond motifs is 1. The summed E-state index contributed by atoms with van der Waals surface area (Å²) in [7, 11) is 0. The maximum atomic E-state index is 6.03. The number of aromatic nitrogens is 3. The number of nitrogen functional groups attached to an aromatic ring is 1. The van der Waals surface area contributed by atoms with E-state index in [1.807, 2.05) is 16.8 Å². The minimum atomic E-state index is 0.342. The molecule has 3 rings (SSSR count). The topological polar surface area (TPSA) is 56.7 Å². The maximum Gasteiger partial charge on any atom is 0.239 e. The molecule has 6 heteroatoms. The van der Waals surface area contributed by atoms with Crippen molar-refractivity contribution in [2.45, 2.75) is 25.3 Å². The molecule has 4 nitrogen and oxygen atoms in total. The third kappa shape index (κ3) is 2.18. The van der Waals surface area contributed by atoms with Crippen molar-refractivity contribution in [3.63, 3.8) is 0 Å². The van der Waals surface area contributed by atoms with E-state index < -0.39 is 0 Å². The second-order valence-electron chi connectivity index (χ2n) is 4.51. The molecule has 0 amide bonds. The van der Waals surface area contributed by atoms with Crippen LogP contribution >= 0.6 is 23.2 Å². The molecule has 1 aliphatic heterocycles. The predicted octanol–water partition coefficient (Wildman–Crippen LogP) is 2.90. The normalized spacial score (nSPS) is 18.7. The van der Waals surface area contributed by atoms with E-state index in [2.05, 4.69) is 10.1 Å². The van der Waals surface area contributed by atoms with Gasteiger partial charge in [-0.2, -0.15) is 4.98 Å². The Balaban J connectivity index is 1.91. The van der Waals surface area contributed by atoms with Crippen molar-refractivity contribution in [2.24, 2.45) is 0 Å². The monoisotopic (exact) mass is 282 g/mol. The Bertz CT molecular complexity index is 574. The van der Waals surface area contributed by atoms with Crippen molar-refractivity contribution in [3.8, 4) is 0 Å².